The molecular formula is C18H23N3. The van der Waals surface area contributed by atoms with Gasteiger partial charge in [-0.1, -0.05) is 13.0 Å². The van der Waals surface area contributed by atoms with Gasteiger partial charge in [0, 0.05) is 43.4 Å². The van der Waals surface area contributed by atoms with Crippen LogP contribution in [0.5, 0.6) is 0 Å². The van der Waals surface area contributed by atoms with Gasteiger partial charge in [0.15, 0.2) is 0 Å². The van der Waals surface area contributed by atoms with Crippen LogP contribution in [-0.4, -0.2) is 18.1 Å². The van der Waals surface area contributed by atoms with E-state index in [1.165, 1.54) is 37.2 Å². The first kappa shape index (κ1) is 13.9. The highest BCUT2D eigenvalue weighted by Crippen LogP contribution is 2.24. The number of rotatable bonds is 4. The number of nitrogens with zero attached hydrogens (tertiary/aromatic N) is 2. The molecule has 1 aromatic carbocycles. The van der Waals surface area contributed by atoms with Crippen LogP contribution in [0.3, 0.4) is 0 Å². The molecule has 21 heavy (non-hydrogen) atoms. The van der Waals surface area contributed by atoms with E-state index in [9.17, 15) is 0 Å². The van der Waals surface area contributed by atoms with Gasteiger partial charge in [0.2, 0.25) is 0 Å². The molecule has 0 aliphatic carbocycles. The van der Waals surface area contributed by atoms with Gasteiger partial charge in [0.1, 0.15) is 0 Å². The zero-order chi connectivity index (χ0) is 14.5. The fraction of sp³-hybridized carbons (Fsp3) is 0.389. The van der Waals surface area contributed by atoms with E-state index in [1.807, 2.05) is 12.3 Å². The predicted octanol–water partition coefficient (Wildman–Crippen LogP) is 3.93. The SMILES string of the molecule is CC1CCN(c2ccc(NCc3cccnc3)cc2)CC1. The number of hydrogen-bond donors (Lipinski definition) is 1. The van der Waals surface area contributed by atoms with Crippen molar-refractivity contribution < 1.29 is 0 Å². The molecule has 3 heteroatoms. The van der Waals surface area contributed by atoms with Gasteiger partial charge in [-0.15, -0.1) is 0 Å². The van der Waals surface area contributed by atoms with Crippen LogP contribution >= 0.6 is 0 Å². The van der Waals surface area contributed by atoms with E-state index >= 15 is 0 Å². The highest BCUT2D eigenvalue weighted by atomic mass is 15.1. The number of piperidine rings is 1. The molecule has 1 aliphatic rings. The summed E-state index contributed by atoms with van der Waals surface area (Å²) < 4.78 is 0. The van der Waals surface area contributed by atoms with Gasteiger partial charge >= 0.3 is 0 Å². The molecule has 0 saturated carbocycles. The summed E-state index contributed by atoms with van der Waals surface area (Å²) in [5.41, 5.74) is 3.70. The van der Waals surface area contributed by atoms with Crippen molar-refractivity contribution >= 4 is 11.4 Å². The van der Waals surface area contributed by atoms with Crippen LogP contribution in [0.2, 0.25) is 0 Å². The molecule has 0 amide bonds. The summed E-state index contributed by atoms with van der Waals surface area (Å²) in [5.74, 6) is 0.877. The lowest BCUT2D eigenvalue weighted by Gasteiger charge is -2.32. The fourth-order valence-corrected chi connectivity index (χ4v) is 2.76. The Morgan fingerprint density at radius 2 is 1.90 bits per heavy atom. The van der Waals surface area contributed by atoms with Crippen molar-refractivity contribution in [2.45, 2.75) is 26.3 Å². The Bertz CT molecular complexity index is 542. The Kier molecular flexibility index (Phi) is 4.39. The highest BCUT2D eigenvalue weighted by Gasteiger charge is 2.15. The van der Waals surface area contributed by atoms with E-state index in [1.54, 1.807) is 6.20 Å². The number of nitrogens with one attached hydrogen (secondary N) is 1. The Labute approximate surface area is 127 Å². The van der Waals surface area contributed by atoms with E-state index in [-0.39, 0.29) is 0 Å². The monoisotopic (exact) mass is 281 g/mol. The summed E-state index contributed by atoms with van der Waals surface area (Å²) >= 11 is 0. The number of aromatic nitrogens is 1. The second-order valence-corrected chi connectivity index (χ2v) is 5.93. The maximum Gasteiger partial charge on any atom is 0.0416 e. The molecule has 3 rings (SSSR count). The van der Waals surface area contributed by atoms with Crippen molar-refractivity contribution in [3.8, 4) is 0 Å². The predicted molar refractivity (Wildman–Crippen MR) is 88.6 cm³/mol. The second kappa shape index (κ2) is 6.61. The maximum atomic E-state index is 4.13. The third kappa shape index (κ3) is 3.75. The lowest BCUT2D eigenvalue weighted by Crippen LogP contribution is -2.32. The first-order chi connectivity index (χ1) is 10.3. The van der Waals surface area contributed by atoms with Gasteiger partial charge in [0.25, 0.3) is 0 Å². The van der Waals surface area contributed by atoms with Gasteiger partial charge in [0.05, 0.1) is 0 Å². The summed E-state index contributed by atoms with van der Waals surface area (Å²) in [6, 6.07) is 12.8. The second-order valence-electron chi connectivity index (χ2n) is 5.93. The van der Waals surface area contributed by atoms with E-state index in [4.69, 9.17) is 0 Å². The summed E-state index contributed by atoms with van der Waals surface area (Å²) in [6.45, 7) is 5.53. The molecule has 0 unspecified atom stereocenters. The maximum absolute atomic E-state index is 4.13. The van der Waals surface area contributed by atoms with Crippen LogP contribution in [0, 0.1) is 5.92 Å². The van der Waals surface area contributed by atoms with Gasteiger partial charge < -0.3 is 10.2 Å². The molecule has 0 radical (unpaired) electrons. The fourth-order valence-electron chi connectivity index (χ4n) is 2.76. The van der Waals surface area contributed by atoms with Crippen molar-refractivity contribution in [1.82, 2.24) is 4.98 Å². The molecule has 110 valence electrons. The van der Waals surface area contributed by atoms with Crippen molar-refractivity contribution in [3.63, 3.8) is 0 Å². The third-order valence-corrected chi connectivity index (χ3v) is 4.24. The zero-order valence-corrected chi connectivity index (χ0v) is 12.6. The standard InChI is InChI=1S/C18H23N3/c1-15-8-11-21(12-9-15)18-6-4-17(5-7-18)20-14-16-3-2-10-19-13-16/h2-7,10,13,15,20H,8-9,11-12,14H2,1H3. The smallest absolute Gasteiger partial charge is 0.0416 e. The minimum atomic E-state index is 0.814. The Hall–Kier alpha value is -2.03. The topological polar surface area (TPSA) is 28.2 Å². The molecule has 3 nitrogen and oxygen atoms in total. The summed E-state index contributed by atoms with van der Waals surface area (Å²) in [7, 11) is 0. The third-order valence-electron chi connectivity index (χ3n) is 4.24. The lowest BCUT2D eigenvalue weighted by atomic mass is 9.99. The Balaban J connectivity index is 1.57. The van der Waals surface area contributed by atoms with E-state index in [0.29, 0.717) is 0 Å². The molecule has 0 spiro atoms. The van der Waals surface area contributed by atoms with Crippen LogP contribution in [0.4, 0.5) is 11.4 Å². The summed E-state index contributed by atoms with van der Waals surface area (Å²) in [4.78, 5) is 6.62. The first-order valence-corrected chi connectivity index (χ1v) is 7.79. The van der Waals surface area contributed by atoms with E-state index < -0.39 is 0 Å². The minimum Gasteiger partial charge on any atom is -0.381 e. The van der Waals surface area contributed by atoms with E-state index in [2.05, 4.69) is 52.5 Å². The van der Waals surface area contributed by atoms with Crippen LogP contribution < -0.4 is 10.2 Å². The quantitative estimate of drug-likeness (QED) is 0.920. The van der Waals surface area contributed by atoms with Gasteiger partial charge in [-0.2, -0.15) is 0 Å². The number of hydrogen-bond acceptors (Lipinski definition) is 3. The molecule has 0 bridgehead atoms. The summed E-state index contributed by atoms with van der Waals surface area (Å²) in [6.07, 6.45) is 6.32. The number of benzene rings is 1. The normalized spacial score (nSPS) is 16.0. The van der Waals surface area contributed by atoms with E-state index in [0.717, 1.165) is 18.2 Å². The molecule has 0 atom stereocenters. The van der Waals surface area contributed by atoms with Crippen molar-refractivity contribution in [3.05, 3.63) is 54.4 Å². The molecule has 1 fully saturated rings. The van der Waals surface area contributed by atoms with Gasteiger partial charge in [-0.25, -0.2) is 0 Å². The van der Waals surface area contributed by atoms with Crippen LogP contribution in [-0.2, 0) is 6.54 Å². The molecule has 2 heterocycles. The summed E-state index contributed by atoms with van der Waals surface area (Å²) in [5, 5.41) is 3.44. The molecular weight excluding hydrogens is 258 g/mol. The van der Waals surface area contributed by atoms with Crippen LogP contribution in [0.1, 0.15) is 25.3 Å². The molecule has 1 saturated heterocycles. The zero-order valence-electron chi connectivity index (χ0n) is 12.6. The van der Waals surface area contributed by atoms with Crippen molar-refractivity contribution in [2.24, 2.45) is 5.92 Å². The van der Waals surface area contributed by atoms with Gasteiger partial charge in [-0.3, -0.25) is 4.98 Å². The van der Waals surface area contributed by atoms with Gasteiger partial charge in [-0.05, 0) is 54.7 Å². The Morgan fingerprint density at radius 3 is 2.57 bits per heavy atom. The van der Waals surface area contributed by atoms with Crippen molar-refractivity contribution in [1.29, 1.82) is 0 Å². The van der Waals surface area contributed by atoms with Crippen LogP contribution in [0.25, 0.3) is 0 Å². The average molecular weight is 281 g/mol. The number of anilines is 2. The molecule has 2 aromatic rings. The van der Waals surface area contributed by atoms with Crippen LogP contribution in [0.15, 0.2) is 48.8 Å². The minimum absolute atomic E-state index is 0.814. The molecule has 1 N–H and O–H groups in total. The highest BCUT2D eigenvalue weighted by molar-refractivity contribution is 5.55. The Morgan fingerprint density at radius 1 is 1.14 bits per heavy atom. The first-order valence-electron chi connectivity index (χ1n) is 7.79. The number of pyridine rings is 1. The molecule has 1 aromatic heterocycles. The average Bonchev–Trinajstić information content (AvgIpc) is 2.55. The largest absolute Gasteiger partial charge is 0.381 e. The lowest BCUT2D eigenvalue weighted by molar-refractivity contribution is 0.438. The van der Waals surface area contributed by atoms with Crippen molar-refractivity contribution in [2.75, 3.05) is 23.3 Å². The molecule has 1 aliphatic heterocycles.